The number of esters is 2. The largest absolute Gasteiger partial charge is 0.422 e. The maximum absolute atomic E-state index is 12.4. The van der Waals surface area contributed by atoms with Gasteiger partial charge in [0.2, 0.25) is 0 Å². The van der Waals surface area contributed by atoms with Gasteiger partial charge in [0.15, 0.2) is 0 Å². The van der Waals surface area contributed by atoms with Crippen LogP contribution in [0.5, 0.6) is 0 Å². The number of hydrogen-bond acceptors (Lipinski definition) is 4. The minimum absolute atomic E-state index is 0.290. The van der Waals surface area contributed by atoms with E-state index in [1.54, 1.807) is 45.0 Å². The summed E-state index contributed by atoms with van der Waals surface area (Å²) in [6.07, 6.45) is 1.65. The van der Waals surface area contributed by atoms with E-state index in [0.29, 0.717) is 5.56 Å². The highest BCUT2D eigenvalue weighted by Crippen LogP contribution is 2.40. The zero-order valence-electron chi connectivity index (χ0n) is 15.0. The Morgan fingerprint density at radius 1 is 1.04 bits per heavy atom. The highest BCUT2D eigenvalue weighted by Gasteiger charge is 2.48. The van der Waals surface area contributed by atoms with Crippen LogP contribution < -0.4 is 0 Å². The lowest BCUT2D eigenvalue weighted by Gasteiger charge is -2.42. The van der Waals surface area contributed by atoms with Crippen LogP contribution in [0, 0.1) is 11.3 Å². The molecule has 1 rings (SSSR count). The fraction of sp³-hybridized carbons (Fsp3) is 0.579. The molecule has 1 atom stereocenters. The third-order valence-corrected chi connectivity index (χ3v) is 4.17. The molecular formula is C19H28O4. The molecule has 0 aliphatic rings. The summed E-state index contributed by atoms with van der Waals surface area (Å²) in [4.78, 5) is 24.6. The van der Waals surface area contributed by atoms with Crippen molar-refractivity contribution >= 4 is 11.9 Å². The first kappa shape index (κ1) is 19.2. The number of benzene rings is 1. The normalized spacial score (nSPS) is 14.2. The number of carbonyl (C=O) groups excluding carboxylic acids is 2. The molecule has 1 unspecified atom stereocenters. The molecule has 0 aliphatic heterocycles. The van der Waals surface area contributed by atoms with Gasteiger partial charge in [-0.2, -0.15) is 0 Å². The molecule has 0 amide bonds. The van der Waals surface area contributed by atoms with Crippen LogP contribution in [0.3, 0.4) is 0 Å². The van der Waals surface area contributed by atoms with Crippen LogP contribution in [0.2, 0.25) is 0 Å². The molecule has 128 valence electrons. The Morgan fingerprint density at radius 3 is 2.09 bits per heavy atom. The monoisotopic (exact) mass is 320 g/mol. The van der Waals surface area contributed by atoms with Gasteiger partial charge < -0.3 is 9.47 Å². The Hall–Kier alpha value is -1.84. The Morgan fingerprint density at radius 2 is 1.61 bits per heavy atom. The summed E-state index contributed by atoms with van der Waals surface area (Å²) in [5, 5.41) is 0. The molecule has 0 saturated heterocycles. The highest BCUT2D eigenvalue weighted by atomic mass is 16.7. The van der Waals surface area contributed by atoms with E-state index >= 15 is 0 Å². The first-order chi connectivity index (χ1) is 10.6. The van der Waals surface area contributed by atoms with Crippen molar-refractivity contribution in [2.45, 2.75) is 60.2 Å². The van der Waals surface area contributed by atoms with Crippen LogP contribution in [-0.4, -0.2) is 17.7 Å². The van der Waals surface area contributed by atoms with E-state index in [1.165, 1.54) is 0 Å². The van der Waals surface area contributed by atoms with Gasteiger partial charge in [-0.3, -0.25) is 4.79 Å². The van der Waals surface area contributed by atoms with E-state index in [1.807, 2.05) is 26.8 Å². The van der Waals surface area contributed by atoms with E-state index in [0.717, 1.165) is 12.8 Å². The van der Waals surface area contributed by atoms with Crippen LogP contribution in [0.25, 0.3) is 0 Å². The van der Waals surface area contributed by atoms with Gasteiger partial charge in [0.1, 0.15) is 0 Å². The van der Waals surface area contributed by atoms with Crippen LogP contribution in [-0.2, 0) is 14.3 Å². The van der Waals surface area contributed by atoms with Crippen molar-refractivity contribution in [2.24, 2.45) is 11.3 Å². The first-order valence-corrected chi connectivity index (χ1v) is 8.14. The number of rotatable bonds is 7. The average molecular weight is 320 g/mol. The van der Waals surface area contributed by atoms with Crippen LogP contribution in [0.15, 0.2) is 30.3 Å². The van der Waals surface area contributed by atoms with E-state index in [2.05, 4.69) is 0 Å². The maximum atomic E-state index is 12.4. The fourth-order valence-corrected chi connectivity index (χ4v) is 2.27. The lowest BCUT2D eigenvalue weighted by atomic mass is 9.79. The lowest BCUT2D eigenvalue weighted by Crippen LogP contribution is -2.50. The van der Waals surface area contributed by atoms with Crippen LogP contribution in [0.1, 0.15) is 64.7 Å². The fourth-order valence-electron chi connectivity index (χ4n) is 2.27. The summed E-state index contributed by atoms with van der Waals surface area (Å²) in [7, 11) is 0. The molecule has 0 saturated carbocycles. The van der Waals surface area contributed by atoms with Gasteiger partial charge in [0.25, 0.3) is 5.79 Å². The minimum atomic E-state index is -1.32. The van der Waals surface area contributed by atoms with Crippen molar-refractivity contribution in [1.29, 1.82) is 0 Å². The predicted octanol–water partition coefficient (Wildman–Crippen LogP) is 4.59. The Balaban J connectivity index is 3.08. The molecule has 1 aromatic rings. The molecule has 0 N–H and O–H groups in total. The standard InChI is InChI=1S/C19H28O4/c1-7-13-18(4,5)19(6,22-16(20)14(2)3)23-17(21)15-11-9-8-10-12-15/h8-12,14H,7,13H2,1-6H3. The second-order valence-electron chi connectivity index (χ2n) is 6.91. The van der Waals surface area contributed by atoms with Gasteiger partial charge in [-0.05, 0) is 18.6 Å². The average Bonchev–Trinajstić information content (AvgIpc) is 2.47. The molecule has 0 bridgehead atoms. The maximum Gasteiger partial charge on any atom is 0.341 e. The Kier molecular flexibility index (Phi) is 6.37. The predicted molar refractivity (Wildman–Crippen MR) is 89.9 cm³/mol. The second kappa shape index (κ2) is 7.62. The summed E-state index contributed by atoms with van der Waals surface area (Å²) >= 11 is 0. The zero-order valence-corrected chi connectivity index (χ0v) is 15.0. The molecule has 23 heavy (non-hydrogen) atoms. The molecule has 0 spiro atoms. The lowest BCUT2D eigenvalue weighted by molar-refractivity contribution is -0.247. The van der Waals surface area contributed by atoms with Crippen LogP contribution >= 0.6 is 0 Å². The smallest absolute Gasteiger partial charge is 0.341 e. The van der Waals surface area contributed by atoms with Gasteiger partial charge in [-0.15, -0.1) is 0 Å². The molecule has 0 radical (unpaired) electrons. The van der Waals surface area contributed by atoms with Crippen molar-refractivity contribution in [2.75, 3.05) is 0 Å². The molecule has 0 aromatic heterocycles. The molecule has 0 fully saturated rings. The molecular weight excluding hydrogens is 292 g/mol. The second-order valence-corrected chi connectivity index (χ2v) is 6.91. The van der Waals surface area contributed by atoms with Gasteiger partial charge in [-0.1, -0.05) is 59.2 Å². The van der Waals surface area contributed by atoms with E-state index in [4.69, 9.17) is 9.47 Å². The highest BCUT2D eigenvalue weighted by molar-refractivity contribution is 5.89. The Labute approximate surface area is 139 Å². The van der Waals surface area contributed by atoms with Crippen molar-refractivity contribution in [3.05, 3.63) is 35.9 Å². The van der Waals surface area contributed by atoms with E-state index in [-0.39, 0.29) is 11.9 Å². The molecule has 4 nitrogen and oxygen atoms in total. The molecule has 0 heterocycles. The minimum Gasteiger partial charge on any atom is -0.422 e. The number of ether oxygens (including phenoxy) is 2. The summed E-state index contributed by atoms with van der Waals surface area (Å²) in [5.74, 6) is -2.48. The molecule has 4 heteroatoms. The first-order valence-electron chi connectivity index (χ1n) is 8.14. The molecule has 0 aliphatic carbocycles. The van der Waals surface area contributed by atoms with Gasteiger partial charge in [0, 0.05) is 12.3 Å². The van der Waals surface area contributed by atoms with E-state index in [9.17, 15) is 9.59 Å². The number of carbonyl (C=O) groups is 2. The van der Waals surface area contributed by atoms with Crippen molar-refractivity contribution < 1.29 is 19.1 Å². The summed E-state index contributed by atoms with van der Waals surface area (Å²) in [5.41, 5.74) is -0.0665. The quantitative estimate of drug-likeness (QED) is 0.545. The SMILES string of the molecule is CCCC(C)(C)C(C)(OC(=O)c1ccccc1)OC(=O)C(C)C. The van der Waals surface area contributed by atoms with Gasteiger partial charge in [0.05, 0.1) is 11.5 Å². The summed E-state index contributed by atoms with van der Waals surface area (Å²) in [6, 6.07) is 8.73. The van der Waals surface area contributed by atoms with Gasteiger partial charge >= 0.3 is 11.9 Å². The Bertz CT molecular complexity index is 534. The van der Waals surface area contributed by atoms with E-state index < -0.39 is 17.2 Å². The topological polar surface area (TPSA) is 52.6 Å². The van der Waals surface area contributed by atoms with Crippen molar-refractivity contribution in [1.82, 2.24) is 0 Å². The van der Waals surface area contributed by atoms with Crippen LogP contribution in [0.4, 0.5) is 0 Å². The molecule has 1 aromatic carbocycles. The third kappa shape index (κ3) is 4.81. The van der Waals surface area contributed by atoms with Crippen molar-refractivity contribution in [3.8, 4) is 0 Å². The third-order valence-electron chi connectivity index (χ3n) is 4.17. The summed E-state index contributed by atoms with van der Waals surface area (Å²) in [6.45, 7) is 11.1. The zero-order chi connectivity index (χ0) is 17.7. The van der Waals surface area contributed by atoms with Crippen molar-refractivity contribution in [3.63, 3.8) is 0 Å². The van der Waals surface area contributed by atoms with Gasteiger partial charge in [-0.25, -0.2) is 4.79 Å². The summed E-state index contributed by atoms with van der Waals surface area (Å²) < 4.78 is 11.3. The number of hydrogen-bond donors (Lipinski definition) is 0.